The van der Waals surface area contributed by atoms with Gasteiger partial charge in [0.2, 0.25) is 0 Å². The summed E-state index contributed by atoms with van der Waals surface area (Å²) >= 11 is 0. The molecule has 2 atom stereocenters. The van der Waals surface area contributed by atoms with Crippen molar-refractivity contribution in [3.63, 3.8) is 0 Å². The molecular formula is C13H16N2O4. The second-order valence-corrected chi connectivity index (χ2v) is 4.49. The van der Waals surface area contributed by atoms with Gasteiger partial charge in [0.05, 0.1) is 17.4 Å². The number of benzene rings is 1. The van der Waals surface area contributed by atoms with Crippen LogP contribution in [0.4, 0.5) is 5.69 Å². The van der Waals surface area contributed by atoms with Crippen LogP contribution >= 0.6 is 0 Å². The van der Waals surface area contributed by atoms with Crippen molar-refractivity contribution in [2.24, 2.45) is 0 Å². The van der Waals surface area contributed by atoms with Gasteiger partial charge in [-0.3, -0.25) is 9.59 Å². The van der Waals surface area contributed by atoms with Gasteiger partial charge < -0.3 is 20.8 Å². The lowest BCUT2D eigenvalue weighted by Crippen LogP contribution is -2.23. The monoisotopic (exact) mass is 264 g/mol. The van der Waals surface area contributed by atoms with E-state index in [9.17, 15) is 19.8 Å². The number of hydrogen-bond acceptors (Lipinski definition) is 5. The van der Waals surface area contributed by atoms with E-state index in [1.165, 1.54) is 12.1 Å². The van der Waals surface area contributed by atoms with Crippen LogP contribution in [0.5, 0.6) is 0 Å². The summed E-state index contributed by atoms with van der Waals surface area (Å²) in [5.74, 6) is -1.25. The molecule has 0 fully saturated rings. The van der Waals surface area contributed by atoms with E-state index in [2.05, 4.69) is 10.6 Å². The molecule has 0 bridgehead atoms. The maximum absolute atomic E-state index is 11.4. The zero-order chi connectivity index (χ0) is 14.0. The fourth-order valence-electron chi connectivity index (χ4n) is 2.02. The normalized spacial score (nSPS) is 17.0. The minimum atomic E-state index is -1.05. The summed E-state index contributed by atoms with van der Waals surface area (Å²) in [5.41, 5.74) is 1.15. The number of carbonyl (C=O) groups is 2. The molecule has 6 heteroatoms. The predicted molar refractivity (Wildman–Crippen MR) is 68.9 cm³/mol. The summed E-state index contributed by atoms with van der Waals surface area (Å²) in [6.45, 7) is 0.582. The highest BCUT2D eigenvalue weighted by molar-refractivity contribution is 6.51. The summed E-state index contributed by atoms with van der Waals surface area (Å²) in [7, 11) is 1.76. The highest BCUT2D eigenvalue weighted by atomic mass is 16.3. The number of amides is 1. The van der Waals surface area contributed by atoms with Gasteiger partial charge in [0.1, 0.15) is 6.10 Å². The quantitative estimate of drug-likeness (QED) is 0.553. The molecule has 6 nitrogen and oxygen atoms in total. The fraction of sp³-hybridized carbons (Fsp3) is 0.385. The van der Waals surface area contributed by atoms with Gasteiger partial charge in [-0.2, -0.15) is 0 Å². The average Bonchev–Trinajstić information content (AvgIpc) is 2.70. The predicted octanol–water partition coefficient (Wildman–Crippen LogP) is -0.175. The van der Waals surface area contributed by atoms with Crippen LogP contribution in [0, 0.1) is 0 Å². The Kier molecular flexibility index (Phi) is 3.94. The number of carbonyl (C=O) groups excluding carboxylic acids is 2. The lowest BCUT2D eigenvalue weighted by atomic mass is 9.99. The number of ketones is 1. The number of hydrogen-bond donors (Lipinski definition) is 4. The molecule has 2 rings (SSSR count). The van der Waals surface area contributed by atoms with Crippen LogP contribution in [0.25, 0.3) is 0 Å². The molecular weight excluding hydrogens is 248 g/mol. The molecule has 0 aliphatic carbocycles. The molecule has 2 unspecified atom stereocenters. The van der Waals surface area contributed by atoms with Gasteiger partial charge in [0, 0.05) is 0 Å². The Bertz CT molecular complexity index is 515. The molecule has 0 radical (unpaired) electrons. The van der Waals surface area contributed by atoms with Crippen LogP contribution in [-0.4, -0.2) is 41.6 Å². The summed E-state index contributed by atoms with van der Waals surface area (Å²) in [6.07, 6.45) is -1.55. The third-order valence-electron chi connectivity index (χ3n) is 3.14. The van der Waals surface area contributed by atoms with Gasteiger partial charge >= 0.3 is 0 Å². The summed E-state index contributed by atoms with van der Waals surface area (Å²) in [4.78, 5) is 22.6. The van der Waals surface area contributed by atoms with E-state index in [4.69, 9.17) is 0 Å². The molecule has 1 aliphatic rings. The molecule has 1 aliphatic heterocycles. The highest BCUT2D eigenvalue weighted by Gasteiger charge is 2.29. The lowest BCUT2D eigenvalue weighted by molar-refractivity contribution is -0.112. The Hall–Kier alpha value is -1.76. The molecule has 0 saturated heterocycles. The largest absolute Gasteiger partial charge is 0.390 e. The zero-order valence-corrected chi connectivity index (χ0v) is 10.5. The van der Waals surface area contributed by atoms with Gasteiger partial charge in [-0.15, -0.1) is 0 Å². The Balaban J connectivity index is 2.17. The van der Waals surface area contributed by atoms with Gasteiger partial charge in [-0.1, -0.05) is 6.07 Å². The van der Waals surface area contributed by atoms with Crippen molar-refractivity contribution in [3.05, 3.63) is 29.3 Å². The number of anilines is 1. The van der Waals surface area contributed by atoms with Crippen molar-refractivity contribution in [1.29, 1.82) is 0 Å². The molecule has 0 saturated carbocycles. The number of nitrogens with one attached hydrogen (secondary N) is 2. The van der Waals surface area contributed by atoms with Crippen LogP contribution < -0.4 is 10.6 Å². The van der Waals surface area contributed by atoms with Crippen LogP contribution in [0.3, 0.4) is 0 Å². The molecule has 0 spiro atoms. The van der Waals surface area contributed by atoms with E-state index < -0.39 is 23.9 Å². The van der Waals surface area contributed by atoms with E-state index in [-0.39, 0.29) is 0 Å². The minimum absolute atomic E-state index is 0.297. The smallest absolute Gasteiger partial charge is 0.296 e. The van der Waals surface area contributed by atoms with Crippen molar-refractivity contribution in [1.82, 2.24) is 5.32 Å². The van der Waals surface area contributed by atoms with E-state index in [1.807, 2.05) is 0 Å². The Morgan fingerprint density at radius 1 is 1.32 bits per heavy atom. The molecule has 4 N–H and O–H groups in total. The molecule has 1 aromatic rings. The van der Waals surface area contributed by atoms with Crippen molar-refractivity contribution in [2.45, 2.75) is 18.6 Å². The van der Waals surface area contributed by atoms with Crippen LogP contribution in [-0.2, 0) is 4.79 Å². The number of aliphatic hydroxyl groups excluding tert-OH is 2. The molecule has 19 heavy (non-hydrogen) atoms. The van der Waals surface area contributed by atoms with Crippen molar-refractivity contribution in [2.75, 3.05) is 18.9 Å². The van der Waals surface area contributed by atoms with E-state index >= 15 is 0 Å². The number of rotatable bonds is 5. The Morgan fingerprint density at radius 3 is 2.74 bits per heavy atom. The first kappa shape index (κ1) is 13.7. The molecule has 1 aromatic carbocycles. The van der Waals surface area contributed by atoms with E-state index in [0.29, 0.717) is 29.8 Å². The van der Waals surface area contributed by atoms with Gasteiger partial charge in [0.25, 0.3) is 11.7 Å². The second-order valence-electron chi connectivity index (χ2n) is 4.49. The van der Waals surface area contributed by atoms with Crippen LogP contribution in [0.15, 0.2) is 18.2 Å². The standard InChI is InChI=1S/C13H16N2O4/c1-14-5-4-10(16)11(17)7-2-3-8-9(6-7)15-13(19)12(8)18/h2-3,6,10-11,14,16-17H,4-5H2,1H3,(H,15,18,19). The van der Waals surface area contributed by atoms with E-state index in [1.54, 1.807) is 13.1 Å². The molecule has 1 amide bonds. The maximum atomic E-state index is 11.4. The van der Waals surface area contributed by atoms with Crippen molar-refractivity contribution >= 4 is 17.4 Å². The number of fused-ring (bicyclic) bond motifs is 1. The second kappa shape index (κ2) is 5.48. The van der Waals surface area contributed by atoms with E-state index in [0.717, 1.165) is 0 Å². The van der Waals surface area contributed by atoms with Gasteiger partial charge in [0.15, 0.2) is 0 Å². The third kappa shape index (κ3) is 2.65. The van der Waals surface area contributed by atoms with Crippen LogP contribution in [0.1, 0.15) is 28.4 Å². The number of aliphatic hydroxyl groups is 2. The lowest BCUT2D eigenvalue weighted by Gasteiger charge is -2.18. The first-order chi connectivity index (χ1) is 9.04. The fourth-order valence-corrected chi connectivity index (χ4v) is 2.02. The minimum Gasteiger partial charge on any atom is -0.390 e. The molecule has 1 heterocycles. The average molecular weight is 264 g/mol. The summed E-state index contributed by atoms with van der Waals surface area (Å²) in [6, 6.07) is 4.55. The Labute approximate surface area is 110 Å². The Morgan fingerprint density at radius 2 is 2.05 bits per heavy atom. The topological polar surface area (TPSA) is 98.7 Å². The first-order valence-corrected chi connectivity index (χ1v) is 6.05. The maximum Gasteiger partial charge on any atom is 0.296 e. The van der Waals surface area contributed by atoms with Gasteiger partial charge in [-0.25, -0.2) is 0 Å². The zero-order valence-electron chi connectivity index (χ0n) is 10.5. The SMILES string of the molecule is CNCCC(O)C(O)c1ccc2c(c1)NC(=O)C2=O. The number of Topliss-reactive ketones (excluding diaryl/α,β-unsaturated/α-hetero) is 1. The molecule has 0 aromatic heterocycles. The highest BCUT2D eigenvalue weighted by Crippen LogP contribution is 2.28. The first-order valence-electron chi connectivity index (χ1n) is 6.05. The summed E-state index contributed by atoms with van der Waals surface area (Å²) < 4.78 is 0. The molecule has 102 valence electrons. The van der Waals surface area contributed by atoms with Crippen LogP contribution in [0.2, 0.25) is 0 Å². The van der Waals surface area contributed by atoms with Gasteiger partial charge in [-0.05, 0) is 37.7 Å². The van der Waals surface area contributed by atoms with Crippen molar-refractivity contribution < 1.29 is 19.8 Å². The van der Waals surface area contributed by atoms with Crippen molar-refractivity contribution in [3.8, 4) is 0 Å². The third-order valence-corrected chi connectivity index (χ3v) is 3.14. The summed E-state index contributed by atoms with van der Waals surface area (Å²) in [5, 5.41) is 25.1.